The fourth-order valence-corrected chi connectivity index (χ4v) is 1.63. The van der Waals surface area contributed by atoms with Crippen molar-refractivity contribution in [3.63, 3.8) is 0 Å². The number of piperazine rings is 1. The van der Waals surface area contributed by atoms with Crippen LogP contribution in [-0.2, 0) is 4.79 Å². The van der Waals surface area contributed by atoms with Gasteiger partial charge in [0.05, 0.1) is 40.2 Å². The van der Waals surface area contributed by atoms with Crippen molar-refractivity contribution in [2.24, 2.45) is 0 Å². The van der Waals surface area contributed by atoms with Crippen LogP contribution >= 0.6 is 22.9 Å². The molecule has 0 aliphatic carbocycles. The van der Waals surface area contributed by atoms with Crippen molar-refractivity contribution in [2.75, 3.05) is 33.2 Å². The zero-order chi connectivity index (χ0) is 8.48. The van der Waals surface area contributed by atoms with Crippen LogP contribution < -0.4 is 0 Å². The smallest absolute Gasteiger partial charge is 0.261 e. The Labute approximate surface area is 81.4 Å². The summed E-state index contributed by atoms with van der Waals surface area (Å²) in [5, 5.41) is 0. The standard InChI is InChI=1S/C7H14IN2O/c1-7(11)10(2)5-3-9(8)4-6-10/h3-6H2,1-2H3/q+1. The van der Waals surface area contributed by atoms with Crippen LogP contribution in [0.4, 0.5) is 0 Å². The minimum absolute atomic E-state index is 0.287. The number of hydrogen-bond acceptors (Lipinski definition) is 2. The van der Waals surface area contributed by atoms with E-state index in [9.17, 15) is 4.79 Å². The van der Waals surface area contributed by atoms with Crippen molar-refractivity contribution >= 4 is 28.8 Å². The number of carbonyl (C=O) groups is 1. The quantitative estimate of drug-likeness (QED) is 0.365. The Morgan fingerprint density at radius 1 is 1.45 bits per heavy atom. The van der Waals surface area contributed by atoms with Gasteiger partial charge in [0.15, 0.2) is 0 Å². The Kier molecular flexibility index (Phi) is 2.88. The zero-order valence-corrected chi connectivity index (χ0v) is 9.17. The van der Waals surface area contributed by atoms with Crippen molar-refractivity contribution in [1.82, 2.24) is 3.11 Å². The van der Waals surface area contributed by atoms with Gasteiger partial charge in [-0.2, -0.15) is 0 Å². The molecule has 0 saturated carbocycles. The average Bonchev–Trinajstić information content (AvgIpc) is 1.95. The predicted molar refractivity (Wildman–Crippen MR) is 52.2 cm³/mol. The first kappa shape index (κ1) is 9.41. The summed E-state index contributed by atoms with van der Waals surface area (Å²) in [5.41, 5.74) is 0. The lowest BCUT2D eigenvalue weighted by Gasteiger charge is -2.36. The van der Waals surface area contributed by atoms with Gasteiger partial charge in [0.2, 0.25) is 0 Å². The summed E-state index contributed by atoms with van der Waals surface area (Å²) in [6.45, 7) is 5.65. The Morgan fingerprint density at radius 3 is 2.27 bits per heavy atom. The molecule has 0 aromatic carbocycles. The third-order valence-corrected chi connectivity index (χ3v) is 3.40. The number of quaternary nitrogens is 1. The van der Waals surface area contributed by atoms with E-state index in [1.807, 2.05) is 7.05 Å². The van der Waals surface area contributed by atoms with Crippen LogP contribution in [0.3, 0.4) is 0 Å². The summed E-state index contributed by atoms with van der Waals surface area (Å²) in [7, 11) is 2.02. The van der Waals surface area contributed by atoms with E-state index < -0.39 is 0 Å². The number of rotatable bonds is 0. The van der Waals surface area contributed by atoms with Gasteiger partial charge < -0.3 is 0 Å². The molecule has 1 aliphatic rings. The van der Waals surface area contributed by atoms with E-state index in [-0.39, 0.29) is 5.91 Å². The molecule has 3 nitrogen and oxygen atoms in total. The molecule has 11 heavy (non-hydrogen) atoms. The SMILES string of the molecule is CC(=O)[N+]1(C)CCN(I)CC1. The van der Waals surface area contributed by atoms with Crippen LogP contribution in [0.5, 0.6) is 0 Å². The highest BCUT2D eigenvalue weighted by Gasteiger charge is 2.32. The molecule has 1 aliphatic heterocycles. The van der Waals surface area contributed by atoms with Gasteiger partial charge >= 0.3 is 5.91 Å². The van der Waals surface area contributed by atoms with E-state index in [1.54, 1.807) is 6.92 Å². The highest BCUT2D eigenvalue weighted by molar-refractivity contribution is 14.1. The number of likely N-dealkylation sites (N-methyl/N-ethyl adjacent to an activating group) is 1. The van der Waals surface area contributed by atoms with Gasteiger partial charge in [0, 0.05) is 22.9 Å². The summed E-state index contributed by atoms with van der Waals surface area (Å²) < 4.78 is 2.85. The molecule has 4 heteroatoms. The van der Waals surface area contributed by atoms with Gasteiger partial charge in [-0.3, -0.25) is 4.48 Å². The molecule has 64 valence electrons. The highest BCUT2D eigenvalue weighted by atomic mass is 127. The van der Waals surface area contributed by atoms with Crippen molar-refractivity contribution in [2.45, 2.75) is 6.92 Å². The Morgan fingerprint density at radius 2 is 1.91 bits per heavy atom. The fourth-order valence-electron chi connectivity index (χ4n) is 1.20. The molecule has 0 atom stereocenters. The summed E-state index contributed by atoms with van der Waals surface area (Å²) in [6, 6.07) is 0. The third kappa shape index (κ3) is 2.13. The monoisotopic (exact) mass is 269 g/mol. The minimum atomic E-state index is 0.287. The van der Waals surface area contributed by atoms with Gasteiger partial charge in [-0.1, -0.05) is 0 Å². The lowest BCUT2D eigenvalue weighted by atomic mass is 10.3. The Balaban J connectivity index is 2.55. The first-order valence-corrected chi connectivity index (χ1v) is 4.77. The Bertz CT molecular complexity index is 164. The van der Waals surface area contributed by atoms with Crippen LogP contribution in [0.1, 0.15) is 6.92 Å². The lowest BCUT2D eigenvalue weighted by molar-refractivity contribution is -0.837. The van der Waals surface area contributed by atoms with E-state index in [0.717, 1.165) is 26.2 Å². The molecule has 1 heterocycles. The van der Waals surface area contributed by atoms with Crippen molar-refractivity contribution in [1.29, 1.82) is 0 Å². The number of carbonyl (C=O) groups excluding carboxylic acids is 1. The maximum atomic E-state index is 11.2. The predicted octanol–water partition coefficient (Wildman–Crippen LogP) is 0.645. The second-order valence-electron chi connectivity index (χ2n) is 3.27. The second-order valence-corrected chi connectivity index (χ2v) is 4.64. The van der Waals surface area contributed by atoms with Crippen LogP contribution in [0.2, 0.25) is 0 Å². The van der Waals surface area contributed by atoms with E-state index in [0.29, 0.717) is 4.48 Å². The van der Waals surface area contributed by atoms with E-state index >= 15 is 0 Å². The second kappa shape index (κ2) is 3.37. The molecule has 0 unspecified atom stereocenters. The number of nitrogens with zero attached hydrogens (tertiary/aromatic N) is 2. The molecular formula is C7H14IN2O+. The van der Waals surface area contributed by atoms with Gasteiger partial charge in [-0.15, -0.1) is 0 Å². The molecule has 0 radical (unpaired) electrons. The maximum Gasteiger partial charge on any atom is 0.310 e. The summed E-state index contributed by atoms with van der Waals surface area (Å²) >= 11 is 2.31. The summed E-state index contributed by atoms with van der Waals surface area (Å²) in [4.78, 5) is 11.2. The molecule has 0 aromatic rings. The van der Waals surface area contributed by atoms with Crippen molar-refractivity contribution in [3.8, 4) is 0 Å². The van der Waals surface area contributed by atoms with E-state index in [4.69, 9.17) is 0 Å². The lowest BCUT2D eigenvalue weighted by Crippen LogP contribution is -2.57. The number of hydrogen-bond donors (Lipinski definition) is 0. The molecule has 1 rings (SSSR count). The van der Waals surface area contributed by atoms with Crippen molar-refractivity contribution < 1.29 is 9.28 Å². The van der Waals surface area contributed by atoms with E-state index in [2.05, 4.69) is 26.0 Å². The van der Waals surface area contributed by atoms with Gasteiger partial charge in [-0.05, 0) is 0 Å². The van der Waals surface area contributed by atoms with Gasteiger partial charge in [-0.25, -0.2) is 7.91 Å². The van der Waals surface area contributed by atoms with Crippen LogP contribution in [0.25, 0.3) is 0 Å². The zero-order valence-electron chi connectivity index (χ0n) is 7.01. The molecule has 1 amide bonds. The molecule has 1 fully saturated rings. The van der Waals surface area contributed by atoms with Crippen molar-refractivity contribution in [3.05, 3.63) is 0 Å². The molecule has 0 N–H and O–H groups in total. The minimum Gasteiger partial charge on any atom is -0.261 e. The fraction of sp³-hybridized carbons (Fsp3) is 0.857. The van der Waals surface area contributed by atoms with Crippen LogP contribution in [-0.4, -0.2) is 46.7 Å². The Hall–Kier alpha value is 0.320. The molecule has 0 spiro atoms. The first-order chi connectivity index (χ1) is 5.04. The first-order valence-electron chi connectivity index (χ1n) is 3.81. The molecule has 0 aromatic heterocycles. The topological polar surface area (TPSA) is 20.3 Å². The molecule has 0 bridgehead atoms. The van der Waals surface area contributed by atoms with Crippen LogP contribution in [0.15, 0.2) is 0 Å². The number of halogens is 1. The molecular weight excluding hydrogens is 255 g/mol. The normalized spacial score (nSPS) is 25.0. The average molecular weight is 269 g/mol. The third-order valence-electron chi connectivity index (χ3n) is 2.43. The van der Waals surface area contributed by atoms with E-state index in [1.165, 1.54) is 0 Å². The highest BCUT2D eigenvalue weighted by Crippen LogP contribution is 2.12. The summed E-state index contributed by atoms with van der Waals surface area (Å²) in [5.74, 6) is 0.287. The molecule has 1 saturated heterocycles. The van der Waals surface area contributed by atoms with Gasteiger partial charge in [0.1, 0.15) is 0 Å². The number of amides is 1. The maximum absolute atomic E-state index is 11.2. The van der Waals surface area contributed by atoms with Crippen LogP contribution in [0, 0.1) is 0 Å². The summed E-state index contributed by atoms with van der Waals surface area (Å²) in [6.07, 6.45) is 0. The largest absolute Gasteiger partial charge is 0.310 e. The van der Waals surface area contributed by atoms with Gasteiger partial charge in [0.25, 0.3) is 0 Å².